The first-order valence-corrected chi connectivity index (χ1v) is 2.73. The summed E-state index contributed by atoms with van der Waals surface area (Å²) in [6.45, 7) is -10.5. The minimum atomic E-state index is -3.60. The van der Waals surface area contributed by atoms with E-state index in [1.807, 2.05) is 0 Å². The molecule has 0 spiro atoms. The van der Waals surface area contributed by atoms with Crippen molar-refractivity contribution in [3.63, 3.8) is 0 Å². The van der Waals surface area contributed by atoms with E-state index in [-0.39, 0.29) is 0 Å². The Hall–Kier alpha value is -0.610. The van der Waals surface area contributed by atoms with Crippen molar-refractivity contribution in [1.82, 2.24) is 0 Å². The second-order valence-corrected chi connectivity index (χ2v) is 2.14. The molecule has 0 saturated carbocycles. The number of carboxylic acid groups (broad SMARTS) is 1. The highest BCUT2D eigenvalue weighted by Gasteiger charge is 2.17. The molecular weight excluding hydrogens is 146 g/mol. The first-order valence-electron chi connectivity index (χ1n) is 7.23. The molecule has 0 unspecified atom stereocenters. The molecule has 0 bridgehead atoms. The molecule has 0 rings (SSSR count). The minimum absolute atomic E-state index is 0.487. The fourth-order valence-corrected chi connectivity index (χ4v) is 0.441. The number of nitrogens with zero attached hydrogens (tertiary/aromatic N) is 1. The summed E-state index contributed by atoms with van der Waals surface area (Å²) >= 11 is 0. The molecule has 11 heavy (non-hydrogen) atoms. The summed E-state index contributed by atoms with van der Waals surface area (Å²) in [6, 6.07) is 0. The van der Waals surface area contributed by atoms with E-state index in [1.54, 1.807) is 0 Å². The van der Waals surface area contributed by atoms with Gasteiger partial charge in [-0.05, 0) is 0 Å². The van der Waals surface area contributed by atoms with Crippen molar-refractivity contribution in [2.45, 2.75) is 12.5 Å². The van der Waals surface area contributed by atoms with Crippen molar-refractivity contribution in [3.8, 4) is 0 Å². The summed E-state index contributed by atoms with van der Waals surface area (Å²) in [6.07, 6.45) is -4.92. The van der Waals surface area contributed by atoms with Crippen LogP contribution in [0.1, 0.15) is 18.8 Å². The number of aliphatic hydroxyl groups is 1. The molecule has 0 fully saturated rings. The lowest BCUT2D eigenvalue weighted by atomic mass is 10.2. The monoisotopic (exact) mass is 171 g/mol. The van der Waals surface area contributed by atoms with E-state index in [1.165, 1.54) is 0 Å². The predicted octanol–water partition coefficient (Wildman–Crippen LogP) is -0.472. The number of aliphatic carboxylic acids is 1. The van der Waals surface area contributed by atoms with Gasteiger partial charge in [-0.1, -0.05) is 0 Å². The van der Waals surface area contributed by atoms with E-state index >= 15 is 0 Å². The molecular formula is C7H16NO3+. The Balaban J connectivity index is 6.14. The van der Waals surface area contributed by atoms with Gasteiger partial charge in [0, 0.05) is 0 Å². The summed E-state index contributed by atoms with van der Waals surface area (Å²) < 4.78 is 63.6. The largest absolute Gasteiger partial charge is 0.481 e. The van der Waals surface area contributed by atoms with Gasteiger partial charge in [0.2, 0.25) is 0 Å². The van der Waals surface area contributed by atoms with Crippen LogP contribution in [0.3, 0.4) is 0 Å². The second kappa shape index (κ2) is 3.69. The molecule has 0 aromatic heterocycles. The highest BCUT2D eigenvalue weighted by Crippen LogP contribution is 1.98. The zero-order valence-corrected chi connectivity index (χ0v) is 5.96. The smallest absolute Gasteiger partial charge is 0.306 e. The lowest BCUT2D eigenvalue weighted by Gasteiger charge is -2.25. The Morgan fingerprint density at radius 3 is 2.82 bits per heavy atom. The van der Waals surface area contributed by atoms with E-state index in [0.717, 1.165) is 0 Å². The number of likely N-dealkylation sites (N-methyl/N-ethyl adjacent to an activating group) is 1. The van der Waals surface area contributed by atoms with Crippen molar-refractivity contribution in [2.24, 2.45) is 0 Å². The Bertz CT molecular complexity index is 372. The normalized spacial score (nSPS) is 33.1. The highest BCUT2D eigenvalue weighted by molar-refractivity contribution is 5.67. The third-order valence-electron chi connectivity index (χ3n) is 0.671. The van der Waals surface area contributed by atoms with Crippen LogP contribution in [0.15, 0.2) is 0 Å². The standard InChI is InChI=1S/C7H15NO3/c1-8(2,3)5-6(9)4-7(10)11/h6,9H,4-5H2,1-3H3/p+1/t6-/m0/s1/i1D3,2D3,5D2,6D. The summed E-state index contributed by atoms with van der Waals surface area (Å²) in [4.78, 5) is 10.6. The Kier molecular flexibility index (Phi) is 0.908. The quantitative estimate of drug-likeness (QED) is 0.562. The van der Waals surface area contributed by atoms with Gasteiger partial charge in [-0.15, -0.1) is 0 Å². The van der Waals surface area contributed by atoms with Gasteiger partial charge in [-0.3, -0.25) is 4.79 Å². The Labute approximate surface area is 79.3 Å². The van der Waals surface area contributed by atoms with Crippen molar-refractivity contribution < 1.29 is 31.8 Å². The second-order valence-electron chi connectivity index (χ2n) is 2.14. The summed E-state index contributed by atoms with van der Waals surface area (Å²) in [5.41, 5.74) is 0. The van der Waals surface area contributed by atoms with Gasteiger partial charge in [0.25, 0.3) is 0 Å². The average Bonchev–Trinajstić information content (AvgIpc) is 2.09. The summed E-state index contributed by atoms with van der Waals surface area (Å²) in [5.74, 6) is -1.77. The van der Waals surface area contributed by atoms with Gasteiger partial charge in [0.15, 0.2) is 0 Å². The first kappa shape index (κ1) is 2.71. The molecule has 2 N–H and O–H groups in total. The fraction of sp³-hybridized carbons (Fsp3) is 0.857. The summed E-state index contributed by atoms with van der Waals surface area (Å²) in [5, 5.41) is 18.2. The number of hydrogen-bond acceptors (Lipinski definition) is 2. The number of hydrogen-bond donors (Lipinski definition) is 2. The first-order chi connectivity index (χ1) is 8.42. The summed E-state index contributed by atoms with van der Waals surface area (Å²) in [7, 11) is 0.487. The third-order valence-corrected chi connectivity index (χ3v) is 0.671. The molecule has 0 aromatic carbocycles. The van der Waals surface area contributed by atoms with E-state index in [0.29, 0.717) is 7.05 Å². The van der Waals surface area contributed by atoms with Crippen LogP contribution in [-0.4, -0.2) is 54.2 Å². The molecule has 0 aliphatic carbocycles. The Morgan fingerprint density at radius 2 is 2.45 bits per heavy atom. The number of rotatable bonds is 4. The molecule has 0 heterocycles. The molecule has 4 nitrogen and oxygen atoms in total. The van der Waals surface area contributed by atoms with Gasteiger partial charge in [-0.25, -0.2) is 0 Å². The molecule has 0 aliphatic rings. The molecule has 66 valence electrons. The maximum atomic E-state index is 10.6. The zero-order valence-electron chi connectivity index (χ0n) is 15.0. The molecule has 1 atom stereocenters. The molecule has 0 aliphatic heterocycles. The molecule has 0 radical (unpaired) electrons. The lowest BCUT2D eigenvalue weighted by Crippen LogP contribution is -2.42. The van der Waals surface area contributed by atoms with E-state index in [4.69, 9.17) is 17.4 Å². The maximum absolute atomic E-state index is 10.6. The number of quaternary nitrogens is 1. The highest BCUT2D eigenvalue weighted by atomic mass is 16.4. The fourth-order valence-electron chi connectivity index (χ4n) is 0.441. The van der Waals surface area contributed by atoms with Gasteiger partial charge in [0.05, 0.1) is 39.8 Å². The SMILES string of the molecule is [2H]C([2H])([2H])[N+](C)(C([2H])([2H])[2H])C([2H])([2H])[C@@]([2H])(O)CC(=O)O. The van der Waals surface area contributed by atoms with Crippen LogP contribution in [0.2, 0.25) is 0 Å². The average molecular weight is 171 g/mol. The van der Waals surface area contributed by atoms with Gasteiger partial charge in [0.1, 0.15) is 12.6 Å². The van der Waals surface area contributed by atoms with Gasteiger partial charge in [-0.2, -0.15) is 0 Å². The number of carbonyl (C=O) groups is 1. The zero-order chi connectivity index (χ0) is 16.8. The van der Waals surface area contributed by atoms with Crippen LogP contribution < -0.4 is 0 Å². The molecule has 4 heteroatoms. The molecule has 0 saturated heterocycles. The lowest BCUT2D eigenvalue weighted by molar-refractivity contribution is -0.873. The van der Waals surface area contributed by atoms with Crippen LogP contribution in [0.25, 0.3) is 0 Å². The molecule has 0 amide bonds. The third kappa shape index (κ3) is 7.29. The van der Waals surface area contributed by atoms with Crippen molar-refractivity contribution in [1.29, 1.82) is 0 Å². The van der Waals surface area contributed by atoms with Crippen LogP contribution >= 0.6 is 0 Å². The van der Waals surface area contributed by atoms with E-state index < -0.39 is 43.4 Å². The van der Waals surface area contributed by atoms with Gasteiger partial charge < -0.3 is 14.7 Å². The Morgan fingerprint density at radius 1 is 1.91 bits per heavy atom. The van der Waals surface area contributed by atoms with Crippen LogP contribution in [0, 0.1) is 0 Å². The van der Waals surface area contributed by atoms with E-state index in [2.05, 4.69) is 0 Å². The number of carboxylic acids is 1. The molecule has 0 aromatic rings. The van der Waals surface area contributed by atoms with Crippen molar-refractivity contribution >= 4 is 5.97 Å². The van der Waals surface area contributed by atoms with Crippen LogP contribution in [0.4, 0.5) is 0 Å². The predicted molar refractivity (Wildman–Crippen MR) is 41.2 cm³/mol. The van der Waals surface area contributed by atoms with Crippen molar-refractivity contribution in [2.75, 3.05) is 27.5 Å². The minimum Gasteiger partial charge on any atom is -0.481 e. The van der Waals surface area contributed by atoms with Crippen molar-refractivity contribution in [3.05, 3.63) is 0 Å². The van der Waals surface area contributed by atoms with E-state index in [9.17, 15) is 9.90 Å². The topological polar surface area (TPSA) is 57.5 Å². The van der Waals surface area contributed by atoms with Crippen LogP contribution in [-0.2, 0) is 4.79 Å². The maximum Gasteiger partial charge on any atom is 0.306 e. The van der Waals surface area contributed by atoms with Gasteiger partial charge >= 0.3 is 5.97 Å². The van der Waals surface area contributed by atoms with Crippen LogP contribution in [0.5, 0.6) is 0 Å².